The summed E-state index contributed by atoms with van der Waals surface area (Å²) in [7, 11) is 1.47. The largest absolute Gasteiger partial charge is 0.480 e. The minimum absolute atomic E-state index is 0.0194. The maximum Gasteiger partial charge on any atom is 0.326 e. The van der Waals surface area contributed by atoms with E-state index < -0.39 is 24.1 Å². The molecule has 1 saturated heterocycles. The van der Waals surface area contributed by atoms with Crippen LogP contribution >= 0.6 is 0 Å². The first-order valence-corrected chi connectivity index (χ1v) is 5.00. The van der Waals surface area contributed by atoms with Gasteiger partial charge in [-0.25, -0.2) is 9.59 Å². The number of hydrogen-bond acceptors (Lipinski definition) is 4. The van der Waals surface area contributed by atoms with Crippen LogP contribution in [0.5, 0.6) is 0 Å². The molecule has 1 aliphatic rings. The number of aliphatic carboxylic acids is 1. The second-order valence-electron chi connectivity index (χ2n) is 3.82. The number of carbonyl (C=O) groups is 2. The second-order valence-corrected chi connectivity index (χ2v) is 3.82. The summed E-state index contributed by atoms with van der Waals surface area (Å²) in [6.07, 6.45) is -0.749. The Morgan fingerprint density at radius 2 is 2.12 bits per heavy atom. The standard InChI is InChI=1S/C9H16N2O5/c1-10(2-3-12)9(16)11-5-6(13)4-7(11)8(14)15/h6-7,12-13H,2-5H2,1H3,(H,14,15). The van der Waals surface area contributed by atoms with Gasteiger partial charge in [-0.15, -0.1) is 0 Å². The first-order valence-electron chi connectivity index (χ1n) is 5.00. The third kappa shape index (κ3) is 2.61. The van der Waals surface area contributed by atoms with Crippen molar-refractivity contribution < 1.29 is 24.9 Å². The summed E-state index contributed by atoms with van der Waals surface area (Å²) in [5, 5.41) is 26.9. The van der Waals surface area contributed by atoms with Gasteiger partial charge >= 0.3 is 12.0 Å². The topological polar surface area (TPSA) is 101 Å². The van der Waals surface area contributed by atoms with Gasteiger partial charge in [0.1, 0.15) is 6.04 Å². The van der Waals surface area contributed by atoms with Gasteiger partial charge in [0.05, 0.1) is 12.7 Å². The van der Waals surface area contributed by atoms with Gasteiger partial charge in [0.15, 0.2) is 0 Å². The number of aliphatic hydroxyl groups excluding tert-OH is 2. The summed E-state index contributed by atoms with van der Waals surface area (Å²) < 4.78 is 0. The number of carbonyl (C=O) groups excluding carboxylic acids is 1. The number of likely N-dealkylation sites (tertiary alicyclic amines) is 1. The molecule has 16 heavy (non-hydrogen) atoms. The van der Waals surface area contributed by atoms with E-state index in [4.69, 9.17) is 10.2 Å². The van der Waals surface area contributed by atoms with Gasteiger partial charge in [-0.3, -0.25) is 0 Å². The molecule has 0 aromatic heterocycles. The molecule has 0 aromatic carbocycles. The van der Waals surface area contributed by atoms with E-state index in [1.54, 1.807) is 0 Å². The summed E-state index contributed by atoms with van der Waals surface area (Å²) >= 11 is 0. The fourth-order valence-corrected chi connectivity index (χ4v) is 1.72. The van der Waals surface area contributed by atoms with Crippen LogP contribution in [0.1, 0.15) is 6.42 Å². The van der Waals surface area contributed by atoms with Crippen LogP contribution in [-0.4, -0.2) is 76.0 Å². The predicted molar refractivity (Wildman–Crippen MR) is 53.9 cm³/mol. The lowest BCUT2D eigenvalue weighted by atomic mass is 10.2. The van der Waals surface area contributed by atoms with Crippen molar-refractivity contribution in [3.8, 4) is 0 Å². The van der Waals surface area contributed by atoms with Crippen molar-refractivity contribution >= 4 is 12.0 Å². The predicted octanol–water partition coefficient (Wildman–Crippen LogP) is -1.45. The average molecular weight is 232 g/mol. The lowest BCUT2D eigenvalue weighted by Crippen LogP contribution is -2.47. The summed E-state index contributed by atoms with van der Waals surface area (Å²) in [6, 6.07) is -1.47. The Labute approximate surface area is 92.9 Å². The van der Waals surface area contributed by atoms with E-state index in [0.29, 0.717) is 0 Å². The Kier molecular flexibility index (Phi) is 4.08. The first kappa shape index (κ1) is 12.7. The molecule has 2 amide bonds. The van der Waals surface area contributed by atoms with E-state index in [-0.39, 0.29) is 26.1 Å². The van der Waals surface area contributed by atoms with Crippen molar-refractivity contribution in [2.75, 3.05) is 26.7 Å². The van der Waals surface area contributed by atoms with Crippen molar-refractivity contribution in [3.63, 3.8) is 0 Å². The zero-order valence-corrected chi connectivity index (χ0v) is 9.04. The van der Waals surface area contributed by atoms with Crippen LogP contribution in [0, 0.1) is 0 Å². The number of likely N-dealkylation sites (N-methyl/N-ethyl adjacent to an activating group) is 1. The summed E-state index contributed by atoms with van der Waals surface area (Å²) in [4.78, 5) is 25.0. The molecule has 0 saturated carbocycles. The van der Waals surface area contributed by atoms with Crippen LogP contribution < -0.4 is 0 Å². The van der Waals surface area contributed by atoms with E-state index in [1.165, 1.54) is 11.9 Å². The van der Waals surface area contributed by atoms with Crippen molar-refractivity contribution in [2.24, 2.45) is 0 Å². The van der Waals surface area contributed by atoms with Crippen LogP contribution in [0.2, 0.25) is 0 Å². The monoisotopic (exact) mass is 232 g/mol. The molecule has 0 spiro atoms. The Bertz CT molecular complexity index is 283. The number of urea groups is 1. The average Bonchev–Trinajstić information content (AvgIpc) is 2.59. The third-order valence-corrected chi connectivity index (χ3v) is 2.57. The molecule has 1 fully saturated rings. The fourth-order valence-electron chi connectivity index (χ4n) is 1.72. The Hall–Kier alpha value is -1.34. The van der Waals surface area contributed by atoms with E-state index in [2.05, 4.69) is 0 Å². The molecule has 0 radical (unpaired) electrons. The van der Waals surface area contributed by atoms with Crippen LogP contribution in [-0.2, 0) is 4.79 Å². The Morgan fingerprint density at radius 3 is 2.62 bits per heavy atom. The highest BCUT2D eigenvalue weighted by Crippen LogP contribution is 2.19. The minimum atomic E-state index is -1.12. The van der Waals surface area contributed by atoms with Gasteiger partial charge in [-0.1, -0.05) is 0 Å². The lowest BCUT2D eigenvalue weighted by Gasteiger charge is -2.26. The maximum atomic E-state index is 11.8. The van der Waals surface area contributed by atoms with Gasteiger partial charge in [-0.05, 0) is 0 Å². The number of hydrogen-bond donors (Lipinski definition) is 3. The zero-order chi connectivity index (χ0) is 12.3. The molecule has 3 N–H and O–H groups in total. The number of nitrogens with zero attached hydrogens (tertiary/aromatic N) is 2. The smallest absolute Gasteiger partial charge is 0.326 e. The number of carboxylic acid groups (broad SMARTS) is 1. The normalized spacial score (nSPS) is 24.6. The molecule has 0 aliphatic carbocycles. The van der Waals surface area contributed by atoms with Crippen LogP contribution in [0.3, 0.4) is 0 Å². The van der Waals surface area contributed by atoms with Crippen LogP contribution in [0.25, 0.3) is 0 Å². The van der Waals surface area contributed by atoms with E-state index in [0.717, 1.165) is 4.90 Å². The number of rotatable bonds is 3. The highest BCUT2D eigenvalue weighted by atomic mass is 16.4. The molecule has 7 heteroatoms. The van der Waals surface area contributed by atoms with Crippen LogP contribution in [0.15, 0.2) is 0 Å². The van der Waals surface area contributed by atoms with Gasteiger partial charge in [0.25, 0.3) is 0 Å². The molecular formula is C9H16N2O5. The number of β-amino-alcohol motifs (C(OH)–C–C–N with tert-alkyl or cyclic N) is 1. The van der Waals surface area contributed by atoms with Crippen LogP contribution in [0.4, 0.5) is 4.79 Å². The molecule has 2 atom stereocenters. The summed E-state index contributed by atoms with van der Waals surface area (Å²) in [6.45, 7) is -0.0281. The van der Waals surface area contributed by atoms with Gasteiger partial charge in [-0.2, -0.15) is 0 Å². The molecule has 2 unspecified atom stereocenters. The lowest BCUT2D eigenvalue weighted by molar-refractivity contribution is -0.141. The van der Waals surface area contributed by atoms with E-state index in [1.807, 2.05) is 0 Å². The molecular weight excluding hydrogens is 216 g/mol. The number of amides is 2. The van der Waals surface area contributed by atoms with Crippen molar-refractivity contribution in [2.45, 2.75) is 18.6 Å². The van der Waals surface area contributed by atoms with Crippen molar-refractivity contribution in [1.29, 1.82) is 0 Å². The fraction of sp³-hybridized carbons (Fsp3) is 0.778. The van der Waals surface area contributed by atoms with Gasteiger partial charge in [0, 0.05) is 26.6 Å². The second kappa shape index (κ2) is 5.13. The highest BCUT2D eigenvalue weighted by Gasteiger charge is 2.39. The molecule has 7 nitrogen and oxygen atoms in total. The third-order valence-electron chi connectivity index (χ3n) is 2.57. The number of carboxylic acids is 1. The van der Waals surface area contributed by atoms with Crippen molar-refractivity contribution in [3.05, 3.63) is 0 Å². The zero-order valence-electron chi connectivity index (χ0n) is 9.04. The minimum Gasteiger partial charge on any atom is -0.480 e. The maximum absolute atomic E-state index is 11.8. The van der Waals surface area contributed by atoms with Gasteiger partial charge in [0.2, 0.25) is 0 Å². The summed E-state index contributed by atoms with van der Waals surface area (Å²) in [5.74, 6) is -1.12. The molecule has 1 heterocycles. The Balaban J connectivity index is 2.70. The Morgan fingerprint density at radius 1 is 1.50 bits per heavy atom. The first-order chi connectivity index (χ1) is 7.47. The summed E-state index contributed by atoms with van der Waals surface area (Å²) in [5.41, 5.74) is 0. The van der Waals surface area contributed by atoms with Crippen molar-refractivity contribution in [1.82, 2.24) is 9.80 Å². The van der Waals surface area contributed by atoms with E-state index in [9.17, 15) is 14.7 Å². The quantitative estimate of drug-likeness (QED) is 0.552. The SMILES string of the molecule is CN(CCO)C(=O)N1CC(O)CC1C(=O)O. The number of aliphatic hydroxyl groups is 2. The molecule has 1 aliphatic heterocycles. The van der Waals surface area contributed by atoms with Gasteiger partial charge < -0.3 is 25.1 Å². The molecule has 0 bridgehead atoms. The van der Waals surface area contributed by atoms with E-state index >= 15 is 0 Å². The molecule has 1 rings (SSSR count). The highest BCUT2D eigenvalue weighted by molar-refractivity contribution is 5.83. The molecule has 92 valence electrons. The molecule has 0 aromatic rings.